The van der Waals surface area contributed by atoms with E-state index in [2.05, 4.69) is 12.1 Å². The summed E-state index contributed by atoms with van der Waals surface area (Å²) in [5.41, 5.74) is 16.5. The largest absolute Gasteiger partial charge is 0.458 e. The Hall–Kier alpha value is -3.53. The summed E-state index contributed by atoms with van der Waals surface area (Å²) >= 11 is 0. The van der Waals surface area contributed by atoms with Crippen molar-refractivity contribution in [3.8, 4) is 11.1 Å². The number of carbonyl (C=O) groups excluding carboxylic acids is 1. The molecule has 0 unspecified atom stereocenters. The monoisotopic (exact) mass is 344 g/mol. The summed E-state index contributed by atoms with van der Waals surface area (Å²) in [5.74, 6) is -0.418. The van der Waals surface area contributed by atoms with Gasteiger partial charge in [0.15, 0.2) is 0 Å². The van der Waals surface area contributed by atoms with E-state index in [0.29, 0.717) is 11.4 Å². The van der Waals surface area contributed by atoms with Gasteiger partial charge in [0.2, 0.25) is 0 Å². The summed E-state index contributed by atoms with van der Waals surface area (Å²) in [5, 5.41) is 0. The van der Waals surface area contributed by atoms with Crippen LogP contribution in [-0.2, 0) is 16.1 Å². The van der Waals surface area contributed by atoms with E-state index in [1.807, 2.05) is 42.5 Å². The van der Waals surface area contributed by atoms with Crippen molar-refractivity contribution in [2.75, 3.05) is 11.5 Å². The number of benzene rings is 3. The summed E-state index contributed by atoms with van der Waals surface area (Å²) in [6, 6.07) is 23.2. The molecular weight excluding hydrogens is 324 g/mol. The molecule has 0 saturated carbocycles. The lowest BCUT2D eigenvalue weighted by molar-refractivity contribution is -0.138. The quantitative estimate of drug-likeness (QED) is 0.411. The summed E-state index contributed by atoms with van der Waals surface area (Å²) < 4.78 is 5.22. The van der Waals surface area contributed by atoms with Crippen molar-refractivity contribution in [3.63, 3.8) is 0 Å². The molecule has 0 radical (unpaired) electrons. The molecule has 0 aliphatic rings. The maximum absolute atomic E-state index is 11.9. The van der Waals surface area contributed by atoms with E-state index in [4.69, 9.17) is 16.2 Å². The highest BCUT2D eigenvalue weighted by Crippen LogP contribution is 2.19. The zero-order chi connectivity index (χ0) is 18.4. The molecule has 4 nitrogen and oxygen atoms in total. The Morgan fingerprint density at radius 1 is 0.846 bits per heavy atom. The first kappa shape index (κ1) is 17.3. The molecule has 0 saturated heterocycles. The zero-order valence-corrected chi connectivity index (χ0v) is 14.3. The maximum Gasteiger partial charge on any atom is 0.331 e. The third-order valence-corrected chi connectivity index (χ3v) is 3.85. The number of nitrogens with two attached hydrogens (primary N) is 2. The van der Waals surface area contributed by atoms with Crippen LogP contribution in [0.5, 0.6) is 0 Å². The van der Waals surface area contributed by atoms with Gasteiger partial charge < -0.3 is 16.2 Å². The molecule has 3 rings (SSSR count). The molecule has 0 heterocycles. The van der Waals surface area contributed by atoms with Gasteiger partial charge in [0.25, 0.3) is 0 Å². The number of hydrogen-bond donors (Lipinski definition) is 2. The predicted molar refractivity (Wildman–Crippen MR) is 106 cm³/mol. The Labute approximate surface area is 152 Å². The molecule has 0 aliphatic heterocycles. The fourth-order valence-electron chi connectivity index (χ4n) is 2.61. The molecule has 130 valence electrons. The number of esters is 1. The van der Waals surface area contributed by atoms with Crippen LogP contribution < -0.4 is 11.5 Å². The van der Waals surface area contributed by atoms with Gasteiger partial charge in [-0.1, -0.05) is 54.6 Å². The van der Waals surface area contributed by atoms with Crippen LogP contribution in [0.3, 0.4) is 0 Å². The van der Waals surface area contributed by atoms with Gasteiger partial charge in [-0.05, 0) is 46.5 Å². The molecule has 4 heteroatoms. The lowest BCUT2D eigenvalue weighted by atomic mass is 10.0. The summed E-state index contributed by atoms with van der Waals surface area (Å²) in [4.78, 5) is 11.9. The molecule has 0 aromatic heterocycles. The van der Waals surface area contributed by atoms with Crippen molar-refractivity contribution in [2.24, 2.45) is 0 Å². The predicted octanol–water partition coefficient (Wildman–Crippen LogP) is 4.27. The Balaban J connectivity index is 1.58. The lowest BCUT2D eigenvalue weighted by Gasteiger charge is -2.05. The van der Waals surface area contributed by atoms with E-state index in [1.54, 1.807) is 24.3 Å². The second kappa shape index (κ2) is 8.03. The summed E-state index contributed by atoms with van der Waals surface area (Å²) in [6.07, 6.45) is 3.14. The normalized spacial score (nSPS) is 10.8. The zero-order valence-electron chi connectivity index (χ0n) is 14.3. The molecule has 0 atom stereocenters. The number of carbonyl (C=O) groups is 1. The van der Waals surface area contributed by atoms with E-state index in [-0.39, 0.29) is 6.61 Å². The van der Waals surface area contributed by atoms with Crippen molar-refractivity contribution in [2.45, 2.75) is 6.61 Å². The van der Waals surface area contributed by atoms with E-state index >= 15 is 0 Å². The lowest BCUT2D eigenvalue weighted by Crippen LogP contribution is -2.02. The van der Waals surface area contributed by atoms with Crippen LogP contribution in [0.1, 0.15) is 11.1 Å². The number of ether oxygens (including phenoxy) is 1. The molecule has 0 aliphatic carbocycles. The molecule has 0 fully saturated rings. The first-order chi connectivity index (χ1) is 12.6. The van der Waals surface area contributed by atoms with Crippen molar-refractivity contribution >= 4 is 23.4 Å². The van der Waals surface area contributed by atoms with E-state index in [0.717, 1.165) is 22.3 Å². The minimum atomic E-state index is -0.418. The second-order valence-electron chi connectivity index (χ2n) is 5.94. The van der Waals surface area contributed by atoms with Gasteiger partial charge in [-0.2, -0.15) is 0 Å². The van der Waals surface area contributed by atoms with E-state index < -0.39 is 5.97 Å². The van der Waals surface area contributed by atoms with Crippen molar-refractivity contribution in [3.05, 3.63) is 90.0 Å². The maximum atomic E-state index is 11.9. The topological polar surface area (TPSA) is 78.3 Å². The molecule has 0 bridgehead atoms. The van der Waals surface area contributed by atoms with E-state index in [9.17, 15) is 4.79 Å². The van der Waals surface area contributed by atoms with Gasteiger partial charge in [0, 0.05) is 17.5 Å². The Kier molecular flexibility index (Phi) is 5.34. The van der Waals surface area contributed by atoms with Crippen molar-refractivity contribution in [1.29, 1.82) is 0 Å². The standard InChI is InChI=1S/C22H20N2O2/c23-20-12-17(13-21(24)14-20)15-26-22(25)11-8-16-6-9-19(10-7-16)18-4-2-1-3-5-18/h1-14H,15,23-24H2/b11-8+. The Morgan fingerprint density at radius 2 is 1.46 bits per heavy atom. The molecular formula is C22H20N2O2. The van der Waals surface area contributed by atoms with E-state index in [1.165, 1.54) is 6.08 Å². The average Bonchev–Trinajstić information content (AvgIpc) is 2.65. The molecule has 26 heavy (non-hydrogen) atoms. The summed E-state index contributed by atoms with van der Waals surface area (Å²) in [7, 11) is 0. The van der Waals surface area contributed by atoms with Crippen molar-refractivity contribution < 1.29 is 9.53 Å². The van der Waals surface area contributed by atoms with Gasteiger partial charge in [-0.15, -0.1) is 0 Å². The summed E-state index contributed by atoms with van der Waals surface area (Å²) in [6.45, 7) is 0.130. The van der Waals surface area contributed by atoms with Gasteiger partial charge >= 0.3 is 5.97 Å². The van der Waals surface area contributed by atoms with Crippen molar-refractivity contribution in [1.82, 2.24) is 0 Å². The molecule has 3 aromatic rings. The molecule has 0 amide bonds. The van der Waals surface area contributed by atoms with Crippen LogP contribution >= 0.6 is 0 Å². The average molecular weight is 344 g/mol. The highest BCUT2D eigenvalue weighted by molar-refractivity contribution is 5.87. The number of hydrogen-bond acceptors (Lipinski definition) is 4. The van der Waals surface area contributed by atoms with Gasteiger partial charge in [-0.25, -0.2) is 4.79 Å². The van der Waals surface area contributed by atoms with Crippen LogP contribution in [0.15, 0.2) is 78.9 Å². The van der Waals surface area contributed by atoms with Crippen LogP contribution in [0, 0.1) is 0 Å². The number of anilines is 2. The van der Waals surface area contributed by atoms with Crippen LogP contribution in [-0.4, -0.2) is 5.97 Å². The fraction of sp³-hybridized carbons (Fsp3) is 0.0455. The smallest absolute Gasteiger partial charge is 0.331 e. The first-order valence-electron chi connectivity index (χ1n) is 8.25. The Morgan fingerprint density at radius 3 is 2.12 bits per heavy atom. The third kappa shape index (κ3) is 4.74. The SMILES string of the molecule is Nc1cc(N)cc(COC(=O)/C=C/c2ccc(-c3ccccc3)cc2)c1. The number of rotatable bonds is 5. The van der Waals surface area contributed by atoms with Crippen LogP contribution in [0.25, 0.3) is 17.2 Å². The minimum Gasteiger partial charge on any atom is -0.458 e. The molecule has 3 aromatic carbocycles. The van der Waals surface area contributed by atoms with Crippen LogP contribution in [0.2, 0.25) is 0 Å². The number of nitrogen functional groups attached to an aromatic ring is 2. The Bertz CT molecular complexity index is 896. The first-order valence-corrected chi connectivity index (χ1v) is 8.25. The van der Waals surface area contributed by atoms with Gasteiger partial charge in [0.1, 0.15) is 6.61 Å². The molecule has 0 spiro atoms. The highest BCUT2D eigenvalue weighted by Gasteiger charge is 2.02. The van der Waals surface area contributed by atoms with Gasteiger partial charge in [0.05, 0.1) is 0 Å². The second-order valence-corrected chi connectivity index (χ2v) is 5.94. The minimum absolute atomic E-state index is 0.130. The third-order valence-electron chi connectivity index (χ3n) is 3.85. The fourth-order valence-corrected chi connectivity index (χ4v) is 2.61. The van der Waals surface area contributed by atoms with Crippen LogP contribution in [0.4, 0.5) is 11.4 Å². The highest BCUT2D eigenvalue weighted by atomic mass is 16.5. The van der Waals surface area contributed by atoms with Gasteiger partial charge in [-0.3, -0.25) is 0 Å². The molecule has 4 N–H and O–H groups in total.